The number of halogens is 4. The molecule has 1 heterocycles. The van der Waals surface area contributed by atoms with Crippen molar-refractivity contribution < 1.29 is 13.2 Å². The molecular formula is C15H22ClF3N2. The first-order chi connectivity index (χ1) is 9.40. The van der Waals surface area contributed by atoms with Gasteiger partial charge in [0, 0.05) is 13.1 Å². The summed E-state index contributed by atoms with van der Waals surface area (Å²) in [5.74, 6) is 0.648. The molecule has 1 atom stereocenters. The average Bonchev–Trinajstić information content (AvgIpc) is 2.78. The van der Waals surface area contributed by atoms with Crippen molar-refractivity contribution in [3.8, 4) is 0 Å². The van der Waals surface area contributed by atoms with Crippen LogP contribution >= 0.6 is 12.4 Å². The molecule has 2 nitrogen and oxygen atoms in total. The van der Waals surface area contributed by atoms with E-state index in [1.807, 2.05) is 7.05 Å². The van der Waals surface area contributed by atoms with Crippen molar-refractivity contribution >= 4 is 12.4 Å². The third kappa shape index (κ3) is 4.87. The summed E-state index contributed by atoms with van der Waals surface area (Å²) in [6.45, 7) is 5.53. The summed E-state index contributed by atoms with van der Waals surface area (Å²) in [7, 11) is 1.95. The van der Waals surface area contributed by atoms with Crippen molar-refractivity contribution in [2.75, 3.05) is 26.7 Å². The predicted molar refractivity (Wildman–Crippen MR) is 80.7 cm³/mol. The van der Waals surface area contributed by atoms with Crippen molar-refractivity contribution in [2.24, 2.45) is 5.92 Å². The molecule has 2 rings (SSSR count). The fourth-order valence-electron chi connectivity index (χ4n) is 2.80. The van der Waals surface area contributed by atoms with E-state index < -0.39 is 11.7 Å². The van der Waals surface area contributed by atoms with E-state index in [4.69, 9.17) is 0 Å². The maximum Gasteiger partial charge on any atom is 0.416 e. The van der Waals surface area contributed by atoms with Crippen LogP contribution in [0.5, 0.6) is 0 Å². The lowest BCUT2D eigenvalue weighted by atomic mass is 10.0. The minimum atomic E-state index is -4.26. The fourth-order valence-corrected chi connectivity index (χ4v) is 2.80. The first-order valence-corrected chi connectivity index (χ1v) is 6.94. The summed E-state index contributed by atoms with van der Waals surface area (Å²) in [5, 5.41) is 3.18. The van der Waals surface area contributed by atoms with E-state index >= 15 is 0 Å². The van der Waals surface area contributed by atoms with Gasteiger partial charge in [-0.1, -0.05) is 6.07 Å². The Kier molecular flexibility index (Phi) is 6.50. The van der Waals surface area contributed by atoms with Gasteiger partial charge in [0.2, 0.25) is 0 Å². The van der Waals surface area contributed by atoms with E-state index in [1.54, 1.807) is 13.0 Å². The topological polar surface area (TPSA) is 15.3 Å². The molecule has 1 N–H and O–H groups in total. The number of nitrogens with zero attached hydrogens (tertiary/aromatic N) is 1. The molecule has 1 aliphatic rings. The van der Waals surface area contributed by atoms with E-state index in [2.05, 4.69) is 10.2 Å². The normalized spacial score (nSPS) is 19.6. The maximum absolute atomic E-state index is 12.6. The SMILES string of the molecule is CNCC1CCN(Cc2ccc(C(F)(F)F)cc2C)C1.Cl. The lowest BCUT2D eigenvalue weighted by molar-refractivity contribution is -0.137. The van der Waals surface area contributed by atoms with Crippen LogP contribution in [0.3, 0.4) is 0 Å². The molecule has 0 radical (unpaired) electrons. The first-order valence-electron chi connectivity index (χ1n) is 6.94. The average molecular weight is 323 g/mol. The van der Waals surface area contributed by atoms with Gasteiger partial charge < -0.3 is 5.32 Å². The monoisotopic (exact) mass is 322 g/mol. The molecule has 1 fully saturated rings. The number of hydrogen-bond donors (Lipinski definition) is 1. The first kappa shape index (κ1) is 18.3. The largest absolute Gasteiger partial charge is 0.416 e. The molecule has 1 saturated heterocycles. The zero-order valence-electron chi connectivity index (χ0n) is 12.3. The number of nitrogens with one attached hydrogen (secondary N) is 1. The predicted octanol–water partition coefficient (Wildman–Crippen LogP) is 3.48. The Balaban J connectivity index is 0.00000220. The Labute approximate surface area is 130 Å². The summed E-state index contributed by atoms with van der Waals surface area (Å²) in [6, 6.07) is 4.05. The van der Waals surface area contributed by atoms with Crippen molar-refractivity contribution in [1.29, 1.82) is 0 Å². The Bertz CT molecular complexity index is 463. The zero-order valence-corrected chi connectivity index (χ0v) is 13.2. The highest BCUT2D eigenvalue weighted by Crippen LogP contribution is 2.31. The van der Waals surface area contributed by atoms with E-state index in [-0.39, 0.29) is 12.4 Å². The maximum atomic E-state index is 12.6. The van der Waals surface area contributed by atoms with Crippen LogP contribution in [0, 0.1) is 12.8 Å². The summed E-state index contributed by atoms with van der Waals surface area (Å²) in [4.78, 5) is 2.32. The number of alkyl halides is 3. The quantitative estimate of drug-likeness (QED) is 0.913. The molecule has 0 aliphatic carbocycles. The highest BCUT2D eigenvalue weighted by molar-refractivity contribution is 5.85. The zero-order chi connectivity index (χ0) is 14.8. The van der Waals surface area contributed by atoms with Gasteiger partial charge >= 0.3 is 6.18 Å². The molecule has 1 aromatic rings. The summed E-state index contributed by atoms with van der Waals surface area (Å²) in [5.41, 5.74) is 1.15. The van der Waals surface area contributed by atoms with Crippen molar-refractivity contribution in [2.45, 2.75) is 26.1 Å². The minimum Gasteiger partial charge on any atom is -0.319 e. The van der Waals surface area contributed by atoms with E-state index in [1.165, 1.54) is 12.1 Å². The van der Waals surface area contributed by atoms with Crippen LogP contribution in [0.1, 0.15) is 23.1 Å². The Morgan fingerprint density at radius 1 is 1.33 bits per heavy atom. The number of rotatable bonds is 4. The Morgan fingerprint density at radius 2 is 2.05 bits per heavy atom. The second-order valence-electron chi connectivity index (χ2n) is 5.59. The molecule has 120 valence electrons. The van der Waals surface area contributed by atoms with Gasteiger partial charge in [0.15, 0.2) is 0 Å². The highest BCUT2D eigenvalue weighted by Gasteiger charge is 2.30. The molecule has 1 aliphatic heterocycles. The molecule has 21 heavy (non-hydrogen) atoms. The smallest absolute Gasteiger partial charge is 0.319 e. The van der Waals surface area contributed by atoms with Crippen molar-refractivity contribution in [3.05, 3.63) is 34.9 Å². The molecule has 0 spiro atoms. The van der Waals surface area contributed by atoms with Gasteiger partial charge in [-0.25, -0.2) is 0 Å². The van der Waals surface area contributed by atoms with Crippen LogP contribution in [-0.4, -0.2) is 31.6 Å². The number of likely N-dealkylation sites (tertiary alicyclic amines) is 1. The Morgan fingerprint density at radius 3 is 2.62 bits per heavy atom. The van der Waals surface area contributed by atoms with Gasteiger partial charge in [-0.15, -0.1) is 12.4 Å². The van der Waals surface area contributed by atoms with Gasteiger partial charge in [-0.3, -0.25) is 4.90 Å². The molecule has 0 bridgehead atoms. The van der Waals surface area contributed by atoms with Crippen molar-refractivity contribution in [1.82, 2.24) is 10.2 Å². The molecule has 0 aromatic heterocycles. The molecule has 1 aromatic carbocycles. The number of hydrogen-bond acceptors (Lipinski definition) is 2. The van der Waals surface area contributed by atoms with Gasteiger partial charge in [-0.2, -0.15) is 13.2 Å². The van der Waals surface area contributed by atoms with Crippen LogP contribution in [0.4, 0.5) is 13.2 Å². The number of aryl methyl sites for hydroxylation is 1. The third-order valence-corrected chi connectivity index (χ3v) is 3.93. The molecule has 1 unspecified atom stereocenters. The van der Waals surface area contributed by atoms with Crippen LogP contribution in [0.15, 0.2) is 18.2 Å². The van der Waals surface area contributed by atoms with Crippen LogP contribution in [0.2, 0.25) is 0 Å². The molecular weight excluding hydrogens is 301 g/mol. The second-order valence-corrected chi connectivity index (χ2v) is 5.59. The minimum absolute atomic E-state index is 0. The molecule has 6 heteroatoms. The van der Waals surface area contributed by atoms with Crippen LogP contribution in [-0.2, 0) is 12.7 Å². The highest BCUT2D eigenvalue weighted by atomic mass is 35.5. The number of benzene rings is 1. The van der Waals surface area contributed by atoms with Crippen LogP contribution < -0.4 is 5.32 Å². The summed E-state index contributed by atoms with van der Waals surface area (Å²) >= 11 is 0. The standard InChI is InChI=1S/C15H21F3N2.ClH/c1-11-7-14(15(16,17)18)4-3-13(11)10-20-6-5-12(9-20)8-19-2;/h3-4,7,12,19H,5-6,8-10H2,1-2H3;1H. The van der Waals surface area contributed by atoms with Gasteiger partial charge in [0.05, 0.1) is 5.56 Å². The van der Waals surface area contributed by atoms with Gasteiger partial charge in [-0.05, 0) is 62.7 Å². The van der Waals surface area contributed by atoms with Gasteiger partial charge in [0.25, 0.3) is 0 Å². The van der Waals surface area contributed by atoms with Crippen LogP contribution in [0.25, 0.3) is 0 Å². The van der Waals surface area contributed by atoms with E-state index in [0.717, 1.165) is 43.7 Å². The lowest BCUT2D eigenvalue weighted by Crippen LogP contribution is -2.24. The van der Waals surface area contributed by atoms with Crippen molar-refractivity contribution in [3.63, 3.8) is 0 Å². The van der Waals surface area contributed by atoms with E-state index in [9.17, 15) is 13.2 Å². The summed E-state index contributed by atoms with van der Waals surface area (Å²) < 4.78 is 37.9. The molecule has 0 amide bonds. The third-order valence-electron chi connectivity index (χ3n) is 3.93. The second kappa shape index (κ2) is 7.47. The fraction of sp³-hybridized carbons (Fsp3) is 0.600. The van der Waals surface area contributed by atoms with Gasteiger partial charge in [0.1, 0.15) is 0 Å². The summed E-state index contributed by atoms with van der Waals surface area (Å²) in [6.07, 6.45) is -3.10. The Hall–Kier alpha value is -0.780. The lowest BCUT2D eigenvalue weighted by Gasteiger charge is -2.18. The molecule has 0 saturated carbocycles. The van der Waals surface area contributed by atoms with E-state index in [0.29, 0.717) is 5.92 Å².